The first kappa shape index (κ1) is 21.4. The zero-order valence-corrected chi connectivity index (χ0v) is 18.7. The molecule has 5 rings (SSSR count). The molecule has 2 aliphatic heterocycles. The fourth-order valence-electron chi connectivity index (χ4n) is 4.47. The minimum atomic E-state index is -0.467. The number of carbonyl (C=O) groups is 1. The second-order valence-electron chi connectivity index (χ2n) is 8.43. The van der Waals surface area contributed by atoms with E-state index in [0.29, 0.717) is 12.1 Å². The van der Waals surface area contributed by atoms with E-state index < -0.39 is 6.04 Å². The number of rotatable bonds is 6. The van der Waals surface area contributed by atoms with Crippen molar-refractivity contribution in [2.24, 2.45) is 0 Å². The third-order valence-electron chi connectivity index (χ3n) is 6.14. The number of hydrogen-bond donors (Lipinski definition) is 1. The maximum absolute atomic E-state index is 13.6. The molecule has 0 amide bonds. The Morgan fingerprint density at radius 3 is 2.73 bits per heavy atom. The molecule has 8 nitrogen and oxygen atoms in total. The fourth-order valence-corrected chi connectivity index (χ4v) is 4.47. The van der Waals surface area contributed by atoms with Crippen molar-refractivity contribution in [2.45, 2.75) is 44.5 Å². The maximum Gasteiger partial charge on any atom is 0.182 e. The van der Waals surface area contributed by atoms with E-state index in [-0.39, 0.29) is 17.9 Å². The van der Waals surface area contributed by atoms with Crippen LogP contribution in [0.2, 0.25) is 0 Å². The van der Waals surface area contributed by atoms with Gasteiger partial charge >= 0.3 is 0 Å². The number of Topliss-reactive ketones (excluding diaryl/α,β-unsaturated/α-hetero) is 1. The molecule has 1 saturated heterocycles. The Labute approximate surface area is 192 Å². The van der Waals surface area contributed by atoms with Crippen LogP contribution >= 0.6 is 0 Å². The monoisotopic (exact) mass is 445 g/mol. The predicted molar refractivity (Wildman–Crippen MR) is 123 cm³/mol. The smallest absolute Gasteiger partial charge is 0.182 e. The van der Waals surface area contributed by atoms with Crippen LogP contribution in [0.1, 0.15) is 41.3 Å². The van der Waals surface area contributed by atoms with E-state index in [9.17, 15) is 4.79 Å². The van der Waals surface area contributed by atoms with Gasteiger partial charge in [0, 0.05) is 17.2 Å². The van der Waals surface area contributed by atoms with Crippen molar-refractivity contribution in [2.75, 3.05) is 7.11 Å². The first-order valence-electron chi connectivity index (χ1n) is 11.2. The zero-order valence-electron chi connectivity index (χ0n) is 18.7. The largest absolute Gasteiger partial charge is 0.494 e. The Morgan fingerprint density at radius 1 is 1.09 bits per heavy atom. The third-order valence-corrected chi connectivity index (χ3v) is 6.14. The molecule has 0 saturated carbocycles. The lowest BCUT2D eigenvalue weighted by atomic mass is 9.90. The first-order valence-corrected chi connectivity index (χ1v) is 11.2. The molecule has 3 aromatic rings. The topological polar surface area (TPSA) is 81.5 Å². The molecule has 33 heavy (non-hydrogen) atoms. The highest BCUT2D eigenvalue weighted by atomic mass is 16.7. The quantitative estimate of drug-likeness (QED) is 0.583. The number of benzene rings is 2. The summed E-state index contributed by atoms with van der Waals surface area (Å²) in [5.74, 6) is 0.741. The van der Waals surface area contributed by atoms with Gasteiger partial charge in [0.2, 0.25) is 0 Å². The van der Waals surface area contributed by atoms with E-state index in [4.69, 9.17) is 9.57 Å². The highest BCUT2D eigenvalue weighted by Crippen LogP contribution is 2.29. The summed E-state index contributed by atoms with van der Waals surface area (Å²) in [6, 6.07) is 15.2. The number of ketones is 1. The van der Waals surface area contributed by atoms with E-state index in [1.54, 1.807) is 24.6 Å². The Morgan fingerprint density at radius 2 is 1.91 bits per heavy atom. The lowest BCUT2D eigenvalue weighted by Gasteiger charge is -2.38. The van der Waals surface area contributed by atoms with Crippen molar-refractivity contribution in [3.05, 3.63) is 83.8 Å². The Balaban J connectivity index is 1.38. The second kappa shape index (κ2) is 9.17. The predicted octanol–water partition coefficient (Wildman–Crippen LogP) is 3.35. The molecule has 1 aromatic heterocycles. The summed E-state index contributed by atoms with van der Waals surface area (Å²) in [5, 5.41) is 13.6. The number of hydroxylamine groups is 2. The number of fused-ring (bicyclic) bond motifs is 1. The van der Waals surface area contributed by atoms with Crippen LogP contribution < -0.4 is 5.32 Å². The van der Waals surface area contributed by atoms with Crippen molar-refractivity contribution in [3.63, 3.8) is 0 Å². The van der Waals surface area contributed by atoms with Crippen molar-refractivity contribution in [1.29, 1.82) is 0 Å². The van der Waals surface area contributed by atoms with Crippen LogP contribution in [0.25, 0.3) is 11.4 Å². The Hall–Kier alpha value is -3.49. The van der Waals surface area contributed by atoms with Gasteiger partial charge < -0.3 is 10.1 Å². The normalized spacial score (nSPS) is 22.4. The van der Waals surface area contributed by atoms with Gasteiger partial charge in [-0.2, -0.15) is 15.0 Å². The molecule has 0 aliphatic carbocycles. The fraction of sp³-hybridized carbons (Fsp3) is 0.320. The van der Waals surface area contributed by atoms with E-state index in [1.807, 2.05) is 48.7 Å². The van der Waals surface area contributed by atoms with Crippen LogP contribution in [0, 0.1) is 0 Å². The van der Waals surface area contributed by atoms with Gasteiger partial charge in [-0.3, -0.25) is 14.7 Å². The summed E-state index contributed by atoms with van der Waals surface area (Å²) in [7, 11) is 1.66. The van der Waals surface area contributed by atoms with Crippen molar-refractivity contribution in [1.82, 2.24) is 25.4 Å². The molecule has 170 valence electrons. The summed E-state index contributed by atoms with van der Waals surface area (Å²) in [4.78, 5) is 21.5. The van der Waals surface area contributed by atoms with Gasteiger partial charge in [0.05, 0.1) is 37.9 Å². The Kier molecular flexibility index (Phi) is 5.93. The van der Waals surface area contributed by atoms with Crippen molar-refractivity contribution >= 4 is 11.5 Å². The minimum Gasteiger partial charge on any atom is -0.494 e. The molecule has 3 atom stereocenters. The van der Waals surface area contributed by atoms with Gasteiger partial charge in [-0.1, -0.05) is 36.4 Å². The van der Waals surface area contributed by atoms with E-state index in [2.05, 4.69) is 28.5 Å². The molecule has 1 N–H and O–H groups in total. The van der Waals surface area contributed by atoms with Gasteiger partial charge in [0.25, 0.3) is 0 Å². The molecule has 0 radical (unpaired) electrons. The highest BCUT2D eigenvalue weighted by molar-refractivity contribution is 6.01. The molecule has 8 heteroatoms. The van der Waals surface area contributed by atoms with Gasteiger partial charge in [-0.15, -0.1) is 0 Å². The van der Waals surface area contributed by atoms with Crippen LogP contribution in [0.3, 0.4) is 0 Å². The highest BCUT2D eigenvalue weighted by Gasteiger charge is 2.36. The number of carbonyl (C=O) groups excluding carboxylic acids is 1. The number of aromatic nitrogens is 3. The summed E-state index contributed by atoms with van der Waals surface area (Å²) >= 11 is 0. The van der Waals surface area contributed by atoms with Crippen LogP contribution in [0.5, 0.6) is 0 Å². The molecule has 0 bridgehead atoms. The average Bonchev–Trinajstić information content (AvgIpc) is 3.39. The van der Waals surface area contributed by atoms with Crippen LogP contribution in [-0.2, 0) is 16.1 Å². The van der Waals surface area contributed by atoms with Gasteiger partial charge in [0.1, 0.15) is 17.9 Å². The zero-order chi connectivity index (χ0) is 22.8. The molecular formula is C25H27N5O3. The first-order chi connectivity index (χ1) is 16.1. The third kappa shape index (κ3) is 4.40. The molecular weight excluding hydrogens is 418 g/mol. The molecule has 0 spiro atoms. The molecule has 2 aromatic carbocycles. The van der Waals surface area contributed by atoms with E-state index in [0.717, 1.165) is 35.4 Å². The molecule has 2 aliphatic rings. The summed E-state index contributed by atoms with van der Waals surface area (Å²) in [6.45, 7) is 2.69. The van der Waals surface area contributed by atoms with E-state index >= 15 is 0 Å². The SMILES string of the molecule is COC1=CN(OC2CCC(C)NC2C(=O)c2cccc(-n3nccn3)c2)Cc2ccccc21. The minimum absolute atomic E-state index is 0.00564. The maximum atomic E-state index is 13.6. The van der Waals surface area contributed by atoms with Crippen LogP contribution in [0.15, 0.2) is 67.1 Å². The molecule has 3 unspecified atom stereocenters. The number of ether oxygens (including phenoxy) is 1. The van der Waals surface area contributed by atoms with Crippen molar-refractivity contribution in [3.8, 4) is 5.69 Å². The van der Waals surface area contributed by atoms with Gasteiger partial charge in [-0.25, -0.2) is 0 Å². The summed E-state index contributed by atoms with van der Waals surface area (Å²) < 4.78 is 5.59. The lowest BCUT2D eigenvalue weighted by Crippen LogP contribution is -2.55. The molecule has 1 fully saturated rings. The number of methoxy groups -OCH3 is 1. The number of nitrogens with one attached hydrogen (secondary N) is 1. The van der Waals surface area contributed by atoms with Gasteiger partial charge in [0.15, 0.2) is 5.78 Å². The number of nitrogens with zero attached hydrogens (tertiary/aromatic N) is 4. The number of hydrogen-bond acceptors (Lipinski definition) is 7. The number of piperidine rings is 1. The lowest BCUT2D eigenvalue weighted by molar-refractivity contribution is -0.185. The summed E-state index contributed by atoms with van der Waals surface area (Å²) in [6.07, 6.45) is 6.49. The summed E-state index contributed by atoms with van der Waals surface area (Å²) in [5.41, 5.74) is 3.53. The van der Waals surface area contributed by atoms with Gasteiger partial charge in [-0.05, 0) is 37.5 Å². The van der Waals surface area contributed by atoms with E-state index in [1.165, 1.54) is 4.80 Å². The van der Waals surface area contributed by atoms with Crippen LogP contribution in [0.4, 0.5) is 0 Å². The standard InChI is InChI=1S/C25H27N5O3/c1-17-10-11-22(33-29-15-19-6-3-4-9-21(19)23(16-29)32-2)24(28-17)25(31)18-7-5-8-20(14-18)30-26-12-13-27-30/h3-9,12-14,16-17,22,24,28H,10-11,15H2,1-2H3. The Bertz CT molecular complexity index is 1160. The van der Waals surface area contributed by atoms with Crippen LogP contribution in [-0.4, -0.2) is 51.1 Å². The average molecular weight is 446 g/mol. The van der Waals surface area contributed by atoms with Crippen molar-refractivity contribution < 1.29 is 14.4 Å². The molecule has 3 heterocycles. The second-order valence-corrected chi connectivity index (χ2v) is 8.43.